The molecular formula is C16H24N2. The zero-order valence-electron chi connectivity index (χ0n) is 11.6. The first-order chi connectivity index (χ1) is 8.78. The molecule has 0 unspecified atom stereocenters. The van der Waals surface area contributed by atoms with E-state index in [9.17, 15) is 0 Å². The van der Waals surface area contributed by atoms with E-state index in [-0.39, 0.29) is 0 Å². The molecule has 0 spiro atoms. The van der Waals surface area contributed by atoms with Crippen molar-refractivity contribution in [2.75, 3.05) is 39.8 Å². The van der Waals surface area contributed by atoms with Gasteiger partial charge in [0.1, 0.15) is 0 Å². The molecule has 0 bridgehead atoms. The largest absolute Gasteiger partial charge is 0.304 e. The van der Waals surface area contributed by atoms with Crippen molar-refractivity contribution in [2.24, 2.45) is 0 Å². The highest BCUT2D eigenvalue weighted by Crippen LogP contribution is 2.07. The van der Waals surface area contributed by atoms with Gasteiger partial charge in [-0.15, -0.1) is 0 Å². The summed E-state index contributed by atoms with van der Waals surface area (Å²) in [7, 11) is 2.20. The van der Waals surface area contributed by atoms with Crippen LogP contribution in [0.2, 0.25) is 0 Å². The van der Waals surface area contributed by atoms with E-state index in [0.717, 1.165) is 13.0 Å². The quantitative estimate of drug-likeness (QED) is 0.803. The molecule has 2 rings (SSSR count). The fourth-order valence-corrected chi connectivity index (χ4v) is 2.23. The smallest absolute Gasteiger partial charge is 0.0167 e. The van der Waals surface area contributed by atoms with Crippen LogP contribution in [-0.2, 0) is 6.42 Å². The van der Waals surface area contributed by atoms with E-state index >= 15 is 0 Å². The molecule has 1 aromatic rings. The zero-order valence-corrected chi connectivity index (χ0v) is 11.6. The van der Waals surface area contributed by atoms with Crippen LogP contribution in [0.15, 0.2) is 30.3 Å². The monoisotopic (exact) mass is 244 g/mol. The van der Waals surface area contributed by atoms with Crippen molar-refractivity contribution in [2.45, 2.75) is 13.3 Å². The summed E-state index contributed by atoms with van der Waals surface area (Å²) in [6.07, 6.45) is 5.63. The summed E-state index contributed by atoms with van der Waals surface area (Å²) in [5.74, 6) is 0. The molecule has 18 heavy (non-hydrogen) atoms. The Bertz CT molecular complexity index is 373. The van der Waals surface area contributed by atoms with Crippen LogP contribution in [0, 0.1) is 0 Å². The topological polar surface area (TPSA) is 6.48 Å². The van der Waals surface area contributed by atoms with Gasteiger partial charge in [-0.25, -0.2) is 0 Å². The highest BCUT2D eigenvalue weighted by Gasteiger charge is 2.11. The highest BCUT2D eigenvalue weighted by molar-refractivity contribution is 5.49. The van der Waals surface area contributed by atoms with Crippen molar-refractivity contribution in [3.63, 3.8) is 0 Å². The number of piperazine rings is 1. The number of nitrogens with zero attached hydrogens (tertiary/aromatic N) is 2. The molecule has 1 aliphatic heterocycles. The molecule has 0 radical (unpaired) electrons. The number of rotatable bonds is 4. The van der Waals surface area contributed by atoms with Crippen LogP contribution < -0.4 is 0 Å². The molecule has 0 saturated carbocycles. The van der Waals surface area contributed by atoms with Crippen LogP contribution in [0.4, 0.5) is 0 Å². The maximum absolute atomic E-state index is 2.51. The molecule has 0 atom stereocenters. The van der Waals surface area contributed by atoms with E-state index in [1.54, 1.807) is 0 Å². The fourth-order valence-electron chi connectivity index (χ4n) is 2.23. The Morgan fingerprint density at radius 2 is 1.72 bits per heavy atom. The molecule has 1 aliphatic rings. The van der Waals surface area contributed by atoms with Crippen molar-refractivity contribution < 1.29 is 0 Å². The first kappa shape index (κ1) is 13.3. The third-order valence-electron chi connectivity index (χ3n) is 3.66. The number of hydrogen-bond donors (Lipinski definition) is 0. The maximum atomic E-state index is 2.51. The van der Waals surface area contributed by atoms with Crippen LogP contribution >= 0.6 is 0 Å². The van der Waals surface area contributed by atoms with E-state index in [2.05, 4.69) is 60.2 Å². The van der Waals surface area contributed by atoms with Crippen LogP contribution in [0.25, 0.3) is 6.08 Å². The van der Waals surface area contributed by atoms with E-state index in [0.29, 0.717) is 0 Å². The lowest BCUT2D eigenvalue weighted by Gasteiger charge is -2.31. The fraction of sp³-hybridized carbons (Fsp3) is 0.500. The average Bonchev–Trinajstić information content (AvgIpc) is 2.42. The summed E-state index contributed by atoms with van der Waals surface area (Å²) in [4.78, 5) is 4.90. The Morgan fingerprint density at radius 3 is 2.33 bits per heavy atom. The molecule has 2 nitrogen and oxygen atoms in total. The molecule has 1 heterocycles. The molecule has 1 fully saturated rings. The number of hydrogen-bond acceptors (Lipinski definition) is 2. The molecule has 1 saturated heterocycles. The van der Waals surface area contributed by atoms with Crippen molar-refractivity contribution in [3.8, 4) is 0 Å². The van der Waals surface area contributed by atoms with E-state index in [1.165, 1.54) is 37.3 Å². The molecule has 98 valence electrons. The predicted octanol–water partition coefficient (Wildman–Crippen LogP) is 2.51. The Morgan fingerprint density at radius 1 is 1.06 bits per heavy atom. The Labute approximate surface area is 111 Å². The lowest BCUT2D eigenvalue weighted by Crippen LogP contribution is -2.44. The van der Waals surface area contributed by atoms with Crippen LogP contribution in [-0.4, -0.2) is 49.6 Å². The maximum Gasteiger partial charge on any atom is 0.0167 e. The molecule has 0 amide bonds. The summed E-state index contributed by atoms with van der Waals surface area (Å²) in [5.41, 5.74) is 2.72. The third kappa shape index (κ3) is 3.97. The Balaban J connectivity index is 1.79. The van der Waals surface area contributed by atoms with Gasteiger partial charge in [-0.3, -0.25) is 4.90 Å². The Kier molecular flexibility index (Phi) is 4.97. The van der Waals surface area contributed by atoms with Gasteiger partial charge in [0.25, 0.3) is 0 Å². The summed E-state index contributed by atoms with van der Waals surface area (Å²) in [6, 6.07) is 8.85. The summed E-state index contributed by atoms with van der Waals surface area (Å²) >= 11 is 0. The molecule has 0 aliphatic carbocycles. The van der Waals surface area contributed by atoms with Gasteiger partial charge < -0.3 is 4.90 Å². The van der Waals surface area contributed by atoms with Gasteiger partial charge >= 0.3 is 0 Å². The summed E-state index contributed by atoms with van der Waals surface area (Å²) in [5, 5.41) is 0. The van der Waals surface area contributed by atoms with Gasteiger partial charge in [-0.1, -0.05) is 43.3 Å². The molecule has 0 aromatic heterocycles. The molecule has 1 aromatic carbocycles. The lowest BCUT2D eigenvalue weighted by molar-refractivity contribution is 0.167. The number of likely N-dealkylation sites (N-methyl/N-ethyl adjacent to an activating group) is 1. The SMILES string of the molecule is CCc1ccc(/C=C/CN2CCN(C)CC2)cc1. The van der Waals surface area contributed by atoms with Crippen LogP contribution in [0.5, 0.6) is 0 Å². The normalized spacial score (nSPS) is 18.6. The third-order valence-corrected chi connectivity index (χ3v) is 3.66. The highest BCUT2D eigenvalue weighted by atomic mass is 15.2. The minimum atomic E-state index is 1.07. The first-order valence-electron chi connectivity index (χ1n) is 6.94. The van der Waals surface area contributed by atoms with Gasteiger partial charge in [0.05, 0.1) is 0 Å². The van der Waals surface area contributed by atoms with Crippen molar-refractivity contribution in [1.82, 2.24) is 9.80 Å². The molecule has 0 N–H and O–H groups in total. The number of benzene rings is 1. The lowest BCUT2D eigenvalue weighted by atomic mass is 10.1. The Hall–Kier alpha value is -1.12. The molecule has 2 heteroatoms. The van der Waals surface area contributed by atoms with Gasteiger partial charge in [0.15, 0.2) is 0 Å². The summed E-state index contributed by atoms with van der Waals surface area (Å²) < 4.78 is 0. The second-order valence-electron chi connectivity index (χ2n) is 5.10. The van der Waals surface area contributed by atoms with Gasteiger partial charge in [-0.05, 0) is 24.6 Å². The van der Waals surface area contributed by atoms with E-state index in [1.807, 2.05) is 0 Å². The van der Waals surface area contributed by atoms with Crippen molar-refractivity contribution >= 4 is 6.08 Å². The minimum Gasteiger partial charge on any atom is -0.304 e. The molecular weight excluding hydrogens is 220 g/mol. The van der Waals surface area contributed by atoms with E-state index < -0.39 is 0 Å². The zero-order chi connectivity index (χ0) is 12.8. The predicted molar refractivity (Wildman–Crippen MR) is 78.8 cm³/mol. The van der Waals surface area contributed by atoms with E-state index in [4.69, 9.17) is 0 Å². The first-order valence-corrected chi connectivity index (χ1v) is 6.94. The summed E-state index contributed by atoms with van der Waals surface area (Å²) in [6.45, 7) is 8.03. The van der Waals surface area contributed by atoms with Crippen LogP contribution in [0.1, 0.15) is 18.1 Å². The minimum absolute atomic E-state index is 1.07. The van der Waals surface area contributed by atoms with Crippen molar-refractivity contribution in [3.05, 3.63) is 41.5 Å². The average molecular weight is 244 g/mol. The standard InChI is InChI=1S/C16H24N2/c1-3-15-6-8-16(9-7-15)5-4-10-18-13-11-17(2)12-14-18/h4-9H,3,10-14H2,1-2H3/b5-4+. The van der Waals surface area contributed by atoms with Gasteiger partial charge in [-0.2, -0.15) is 0 Å². The van der Waals surface area contributed by atoms with Crippen molar-refractivity contribution in [1.29, 1.82) is 0 Å². The second kappa shape index (κ2) is 6.72. The van der Waals surface area contributed by atoms with Gasteiger partial charge in [0.2, 0.25) is 0 Å². The van der Waals surface area contributed by atoms with Gasteiger partial charge in [0, 0.05) is 32.7 Å². The van der Waals surface area contributed by atoms with Crippen LogP contribution in [0.3, 0.4) is 0 Å². The second-order valence-corrected chi connectivity index (χ2v) is 5.10. The number of aryl methyl sites for hydroxylation is 1.